The van der Waals surface area contributed by atoms with Crippen LogP contribution in [0.5, 0.6) is 11.5 Å². The van der Waals surface area contributed by atoms with Crippen LogP contribution in [0.1, 0.15) is 32.6 Å². The Bertz CT molecular complexity index is 884. The molecule has 0 radical (unpaired) electrons. The Balaban J connectivity index is 2.39. The Morgan fingerprint density at radius 2 is 1.72 bits per heavy atom. The molecule has 0 heterocycles. The van der Waals surface area contributed by atoms with Gasteiger partial charge in [-0.15, -0.1) is 0 Å². The Morgan fingerprint density at radius 1 is 1.08 bits per heavy atom. The maximum atomic E-state index is 12.4. The van der Waals surface area contributed by atoms with Crippen LogP contribution in [0.25, 0.3) is 6.08 Å². The smallest absolute Gasteiger partial charge is 0.266 e. The third-order valence-corrected chi connectivity index (χ3v) is 4.01. The minimum atomic E-state index is -0.791. The molecule has 0 saturated heterocycles. The number of benzene rings is 2. The molecule has 2 aromatic carbocycles. The number of ether oxygens (including phenoxy) is 1. The number of nitro benzene ring substituents is 1. The van der Waals surface area contributed by atoms with E-state index < -0.39 is 16.4 Å². The third kappa shape index (κ3) is 3.85. The molecule has 0 unspecified atom stereocenters. The number of methoxy groups -OCH3 is 1. The fourth-order valence-electron chi connectivity index (χ4n) is 2.48. The van der Waals surface area contributed by atoms with E-state index in [1.807, 2.05) is 32.9 Å². The number of hydrogen-bond donors (Lipinski definition) is 0. The lowest BCUT2D eigenvalue weighted by Crippen LogP contribution is -2.02. The van der Waals surface area contributed by atoms with Gasteiger partial charge in [0, 0.05) is 17.4 Å². The quantitative estimate of drug-likeness (QED) is 0.359. The van der Waals surface area contributed by atoms with E-state index in [4.69, 9.17) is 4.74 Å². The Morgan fingerprint density at radius 3 is 2.32 bits per heavy atom. The van der Waals surface area contributed by atoms with E-state index in [0.29, 0.717) is 11.1 Å². The van der Waals surface area contributed by atoms with E-state index in [0.717, 1.165) is 22.8 Å². The molecule has 0 saturated carbocycles. The van der Waals surface area contributed by atoms with Crippen LogP contribution in [0.2, 0.25) is 0 Å². The molecule has 0 fully saturated rings. The molecule has 0 amide bonds. The molecular weight excluding hydrogens is 322 g/mol. The average Bonchev–Trinajstić information content (AvgIpc) is 2.56. The summed E-state index contributed by atoms with van der Waals surface area (Å²) >= 11 is 0. The lowest BCUT2D eigenvalue weighted by Gasteiger charge is -2.13. The molecule has 25 heavy (non-hydrogen) atoms. The van der Waals surface area contributed by atoms with Gasteiger partial charge in [-0.3, -0.25) is 14.9 Å². The predicted octanol–water partition coefficient (Wildman–Crippen LogP) is 3.50. The molecular formula is C19H18NO5-. The van der Waals surface area contributed by atoms with Gasteiger partial charge in [-0.05, 0) is 61.2 Å². The van der Waals surface area contributed by atoms with Crippen LogP contribution in [0.4, 0.5) is 5.69 Å². The van der Waals surface area contributed by atoms with Crippen molar-refractivity contribution in [3.8, 4) is 11.5 Å². The van der Waals surface area contributed by atoms with Crippen LogP contribution in [-0.4, -0.2) is 17.8 Å². The van der Waals surface area contributed by atoms with Crippen molar-refractivity contribution in [1.29, 1.82) is 0 Å². The maximum absolute atomic E-state index is 12.4. The fourth-order valence-corrected chi connectivity index (χ4v) is 2.48. The zero-order valence-electron chi connectivity index (χ0n) is 14.5. The summed E-state index contributed by atoms with van der Waals surface area (Å²) in [6.45, 7) is 5.76. The Labute approximate surface area is 145 Å². The summed E-state index contributed by atoms with van der Waals surface area (Å²) in [5, 5.41) is 22.8. The van der Waals surface area contributed by atoms with E-state index in [1.54, 1.807) is 0 Å². The largest absolute Gasteiger partial charge is 0.865 e. The summed E-state index contributed by atoms with van der Waals surface area (Å²) < 4.78 is 4.88. The maximum Gasteiger partial charge on any atom is 0.266 e. The molecule has 2 rings (SSSR count). The van der Waals surface area contributed by atoms with Crippen LogP contribution >= 0.6 is 0 Å². The molecule has 0 N–H and O–H groups in total. The van der Waals surface area contributed by atoms with Gasteiger partial charge in [-0.1, -0.05) is 12.1 Å². The molecule has 0 spiro atoms. The van der Waals surface area contributed by atoms with Gasteiger partial charge in [0.15, 0.2) is 5.78 Å². The normalized spacial score (nSPS) is 10.9. The van der Waals surface area contributed by atoms with Gasteiger partial charge < -0.3 is 9.84 Å². The summed E-state index contributed by atoms with van der Waals surface area (Å²) in [6, 6.07) is 6.26. The number of ketones is 1. The number of rotatable bonds is 5. The predicted molar refractivity (Wildman–Crippen MR) is 93.1 cm³/mol. The van der Waals surface area contributed by atoms with Crippen molar-refractivity contribution in [2.45, 2.75) is 20.8 Å². The minimum absolute atomic E-state index is 0.136. The zero-order valence-corrected chi connectivity index (χ0v) is 14.5. The van der Waals surface area contributed by atoms with Crippen LogP contribution in [0.3, 0.4) is 0 Å². The molecule has 0 aromatic heterocycles. The average molecular weight is 340 g/mol. The topological polar surface area (TPSA) is 92.5 Å². The second-order valence-electron chi connectivity index (χ2n) is 5.78. The molecule has 6 heteroatoms. The van der Waals surface area contributed by atoms with Crippen molar-refractivity contribution in [1.82, 2.24) is 0 Å². The molecule has 6 nitrogen and oxygen atoms in total. The molecule has 0 atom stereocenters. The van der Waals surface area contributed by atoms with E-state index in [2.05, 4.69) is 0 Å². The second-order valence-corrected chi connectivity index (χ2v) is 5.78. The summed E-state index contributed by atoms with van der Waals surface area (Å²) in [5.41, 5.74) is 3.30. The van der Waals surface area contributed by atoms with Crippen LogP contribution < -0.4 is 9.84 Å². The molecule has 0 aliphatic heterocycles. The highest BCUT2D eigenvalue weighted by Crippen LogP contribution is 2.34. The van der Waals surface area contributed by atoms with Crippen molar-refractivity contribution < 1.29 is 19.6 Å². The molecule has 0 aliphatic rings. The lowest BCUT2D eigenvalue weighted by molar-refractivity contribution is -0.398. The molecule has 2 aromatic rings. The van der Waals surface area contributed by atoms with Crippen LogP contribution in [-0.2, 0) is 0 Å². The van der Waals surface area contributed by atoms with Crippen molar-refractivity contribution in [3.63, 3.8) is 0 Å². The van der Waals surface area contributed by atoms with E-state index >= 15 is 0 Å². The highest BCUT2D eigenvalue weighted by atomic mass is 16.6. The highest BCUT2D eigenvalue weighted by Gasteiger charge is 2.13. The van der Waals surface area contributed by atoms with Crippen molar-refractivity contribution in [2.75, 3.05) is 7.11 Å². The van der Waals surface area contributed by atoms with Crippen molar-refractivity contribution >= 4 is 17.5 Å². The van der Waals surface area contributed by atoms with Gasteiger partial charge in [0.1, 0.15) is 5.75 Å². The third-order valence-electron chi connectivity index (χ3n) is 4.01. The first-order valence-corrected chi connectivity index (χ1v) is 7.58. The van der Waals surface area contributed by atoms with Crippen molar-refractivity contribution in [3.05, 3.63) is 68.3 Å². The summed E-state index contributed by atoms with van der Waals surface area (Å²) in [4.78, 5) is 22.6. The van der Waals surface area contributed by atoms with E-state index in [9.17, 15) is 20.0 Å². The first-order chi connectivity index (χ1) is 11.7. The SMILES string of the molecule is COc1cc(/C=C/C(=O)c2cc(C)c(C)cc2C)cc([N+](=O)[O-])c1[O-]. The zero-order chi connectivity index (χ0) is 18.7. The number of hydrogen-bond acceptors (Lipinski definition) is 5. The second kappa shape index (κ2) is 7.17. The van der Waals surface area contributed by atoms with Gasteiger partial charge in [0.05, 0.1) is 12.0 Å². The van der Waals surface area contributed by atoms with Crippen molar-refractivity contribution in [2.24, 2.45) is 0 Å². The summed E-state index contributed by atoms with van der Waals surface area (Å²) in [6.07, 6.45) is 2.77. The lowest BCUT2D eigenvalue weighted by atomic mass is 9.97. The van der Waals surface area contributed by atoms with E-state index in [-0.39, 0.29) is 11.5 Å². The number of allylic oxidation sites excluding steroid dienone is 1. The fraction of sp³-hybridized carbons (Fsp3) is 0.211. The number of aryl methyl sites for hydroxylation is 3. The first-order valence-electron chi connectivity index (χ1n) is 7.58. The van der Waals surface area contributed by atoms with Gasteiger partial charge in [-0.2, -0.15) is 0 Å². The summed E-state index contributed by atoms with van der Waals surface area (Å²) in [7, 11) is 1.26. The monoisotopic (exact) mass is 340 g/mol. The molecule has 130 valence electrons. The van der Waals surface area contributed by atoms with Gasteiger partial charge >= 0.3 is 0 Å². The minimum Gasteiger partial charge on any atom is -0.865 e. The standard InChI is InChI=1S/C19H19NO5/c1-11-7-13(3)15(8-12(11)2)17(21)6-5-14-9-16(20(23)24)19(22)18(10-14)25-4/h5-10,22H,1-4H3/p-1/b6-5+. The van der Waals surface area contributed by atoms with Gasteiger partial charge in [-0.25, -0.2) is 0 Å². The first kappa shape index (κ1) is 18.2. The highest BCUT2D eigenvalue weighted by molar-refractivity contribution is 6.08. The number of nitro groups is 1. The van der Waals surface area contributed by atoms with Gasteiger partial charge in [0.2, 0.25) is 0 Å². The number of carbonyl (C=O) groups excluding carboxylic acids is 1. The number of nitrogens with zero attached hydrogens (tertiary/aromatic N) is 1. The van der Waals surface area contributed by atoms with Gasteiger partial charge in [0.25, 0.3) is 5.69 Å². The van der Waals surface area contributed by atoms with E-state index in [1.165, 1.54) is 25.3 Å². The summed E-state index contributed by atoms with van der Waals surface area (Å²) in [5.74, 6) is -1.14. The molecule has 0 bridgehead atoms. The molecule has 0 aliphatic carbocycles. The Hall–Kier alpha value is -3.15. The van der Waals surface area contributed by atoms with Crippen LogP contribution in [0.15, 0.2) is 30.3 Å². The Kier molecular flexibility index (Phi) is 5.22. The number of carbonyl (C=O) groups is 1. The van der Waals surface area contributed by atoms with Crippen LogP contribution in [0, 0.1) is 30.9 Å².